The van der Waals surface area contributed by atoms with Crippen molar-refractivity contribution in [3.63, 3.8) is 0 Å². The van der Waals surface area contributed by atoms with E-state index in [0.29, 0.717) is 6.54 Å². The van der Waals surface area contributed by atoms with Crippen LogP contribution in [0.2, 0.25) is 0 Å². The van der Waals surface area contributed by atoms with Crippen LogP contribution in [0.3, 0.4) is 0 Å². The largest absolute Gasteiger partial charge is 0.371 e. The number of morpholine rings is 1. The molecule has 1 aromatic rings. The van der Waals surface area contributed by atoms with Gasteiger partial charge in [-0.15, -0.1) is 0 Å². The number of aryl methyl sites for hydroxylation is 1. The van der Waals surface area contributed by atoms with Crippen LogP contribution in [0.5, 0.6) is 0 Å². The molecule has 3 heteroatoms. The number of ether oxygens (including phenoxy) is 1. The summed E-state index contributed by atoms with van der Waals surface area (Å²) in [7, 11) is 0. The lowest BCUT2D eigenvalue weighted by atomic mass is 10.1. The van der Waals surface area contributed by atoms with Crippen molar-refractivity contribution in [2.75, 3.05) is 19.6 Å². The second-order valence-corrected chi connectivity index (χ2v) is 4.98. The van der Waals surface area contributed by atoms with E-state index in [-0.39, 0.29) is 12.2 Å². The molecular weight excluding hydrogens is 212 g/mol. The molecule has 94 valence electrons. The highest BCUT2D eigenvalue weighted by molar-refractivity contribution is 5.21. The molecule has 0 amide bonds. The van der Waals surface area contributed by atoms with E-state index in [2.05, 4.69) is 43.0 Å². The van der Waals surface area contributed by atoms with Crippen molar-refractivity contribution >= 4 is 0 Å². The normalized spacial score (nSPS) is 26.1. The maximum Gasteiger partial charge on any atom is 0.0828 e. The minimum Gasteiger partial charge on any atom is -0.371 e. The summed E-state index contributed by atoms with van der Waals surface area (Å²) in [6.45, 7) is 7.76. The molecule has 0 bridgehead atoms. The highest BCUT2D eigenvalue weighted by atomic mass is 16.5. The molecule has 2 rings (SSSR count). The SMILES string of the molecule is Cc1ccc(CN2CC(C)OC(CN)C2)cc1. The van der Waals surface area contributed by atoms with Gasteiger partial charge in [0.25, 0.3) is 0 Å². The minimum absolute atomic E-state index is 0.184. The first-order valence-corrected chi connectivity index (χ1v) is 6.31. The Hall–Kier alpha value is -0.900. The first kappa shape index (κ1) is 12.6. The van der Waals surface area contributed by atoms with Crippen LogP contribution < -0.4 is 5.73 Å². The van der Waals surface area contributed by atoms with Crippen LogP contribution in [-0.2, 0) is 11.3 Å². The van der Waals surface area contributed by atoms with Gasteiger partial charge in [-0.3, -0.25) is 4.90 Å². The molecule has 1 saturated heterocycles. The van der Waals surface area contributed by atoms with Gasteiger partial charge in [-0.05, 0) is 19.4 Å². The first-order chi connectivity index (χ1) is 8.17. The Labute approximate surface area is 104 Å². The molecular formula is C14H22N2O. The number of rotatable bonds is 3. The van der Waals surface area contributed by atoms with Gasteiger partial charge < -0.3 is 10.5 Å². The quantitative estimate of drug-likeness (QED) is 0.862. The molecule has 2 N–H and O–H groups in total. The summed E-state index contributed by atoms with van der Waals surface area (Å²) >= 11 is 0. The zero-order chi connectivity index (χ0) is 12.3. The van der Waals surface area contributed by atoms with E-state index in [1.54, 1.807) is 0 Å². The minimum atomic E-state index is 0.184. The van der Waals surface area contributed by atoms with E-state index in [1.165, 1.54) is 11.1 Å². The van der Waals surface area contributed by atoms with E-state index in [4.69, 9.17) is 10.5 Å². The van der Waals surface area contributed by atoms with Crippen LogP contribution in [-0.4, -0.2) is 36.7 Å². The summed E-state index contributed by atoms with van der Waals surface area (Å²) in [6, 6.07) is 8.74. The average Bonchev–Trinajstić information content (AvgIpc) is 2.31. The first-order valence-electron chi connectivity index (χ1n) is 6.31. The highest BCUT2D eigenvalue weighted by Crippen LogP contribution is 2.14. The molecule has 1 fully saturated rings. The fourth-order valence-electron chi connectivity index (χ4n) is 2.35. The summed E-state index contributed by atoms with van der Waals surface area (Å²) in [5.74, 6) is 0. The van der Waals surface area contributed by atoms with Gasteiger partial charge in [-0.1, -0.05) is 29.8 Å². The third-order valence-electron chi connectivity index (χ3n) is 3.19. The number of hydrogen-bond donors (Lipinski definition) is 1. The average molecular weight is 234 g/mol. The third-order valence-corrected chi connectivity index (χ3v) is 3.19. The summed E-state index contributed by atoms with van der Waals surface area (Å²) in [5, 5.41) is 0. The molecule has 17 heavy (non-hydrogen) atoms. The van der Waals surface area contributed by atoms with E-state index in [1.807, 2.05) is 0 Å². The lowest BCUT2D eigenvalue weighted by molar-refractivity contribution is -0.0745. The Balaban J connectivity index is 1.95. The molecule has 0 aromatic heterocycles. The maximum absolute atomic E-state index is 5.76. The van der Waals surface area contributed by atoms with Crippen LogP contribution in [0.4, 0.5) is 0 Å². The van der Waals surface area contributed by atoms with E-state index in [9.17, 15) is 0 Å². The predicted octanol–water partition coefficient (Wildman–Crippen LogP) is 1.54. The molecule has 2 unspecified atom stereocenters. The van der Waals surface area contributed by atoms with Gasteiger partial charge in [0.05, 0.1) is 12.2 Å². The Morgan fingerprint density at radius 1 is 1.29 bits per heavy atom. The second-order valence-electron chi connectivity index (χ2n) is 4.98. The van der Waals surface area contributed by atoms with Gasteiger partial charge in [0.2, 0.25) is 0 Å². The van der Waals surface area contributed by atoms with Crippen LogP contribution in [0.15, 0.2) is 24.3 Å². The molecule has 1 aliphatic heterocycles. The summed E-state index contributed by atoms with van der Waals surface area (Å²) in [4.78, 5) is 2.43. The van der Waals surface area contributed by atoms with Crippen molar-refractivity contribution < 1.29 is 4.74 Å². The Bertz CT molecular complexity index is 350. The zero-order valence-electron chi connectivity index (χ0n) is 10.7. The van der Waals surface area contributed by atoms with Crippen molar-refractivity contribution in [3.05, 3.63) is 35.4 Å². The molecule has 1 aromatic carbocycles. The third kappa shape index (κ3) is 3.53. The van der Waals surface area contributed by atoms with Crippen molar-refractivity contribution in [2.24, 2.45) is 5.73 Å². The van der Waals surface area contributed by atoms with Crippen molar-refractivity contribution in [3.8, 4) is 0 Å². The van der Waals surface area contributed by atoms with Gasteiger partial charge in [0, 0.05) is 26.2 Å². The second kappa shape index (κ2) is 5.63. The number of benzene rings is 1. The molecule has 0 saturated carbocycles. The topological polar surface area (TPSA) is 38.5 Å². The Kier molecular flexibility index (Phi) is 4.15. The molecule has 1 heterocycles. The van der Waals surface area contributed by atoms with E-state index >= 15 is 0 Å². The van der Waals surface area contributed by atoms with Crippen LogP contribution >= 0.6 is 0 Å². The number of hydrogen-bond acceptors (Lipinski definition) is 3. The summed E-state index contributed by atoms with van der Waals surface area (Å²) in [5.41, 5.74) is 8.36. The Morgan fingerprint density at radius 2 is 2.00 bits per heavy atom. The van der Waals surface area contributed by atoms with Crippen molar-refractivity contribution in [2.45, 2.75) is 32.6 Å². The van der Waals surface area contributed by atoms with Crippen molar-refractivity contribution in [1.29, 1.82) is 0 Å². The standard InChI is InChI=1S/C14H22N2O/c1-11-3-5-13(6-4-11)9-16-8-12(2)17-14(7-15)10-16/h3-6,12,14H,7-10,15H2,1-2H3. The van der Waals surface area contributed by atoms with Crippen LogP contribution in [0.25, 0.3) is 0 Å². The fourth-order valence-corrected chi connectivity index (χ4v) is 2.35. The van der Waals surface area contributed by atoms with Gasteiger partial charge in [-0.25, -0.2) is 0 Å². The van der Waals surface area contributed by atoms with Crippen molar-refractivity contribution in [1.82, 2.24) is 4.90 Å². The van der Waals surface area contributed by atoms with Crippen LogP contribution in [0.1, 0.15) is 18.1 Å². The van der Waals surface area contributed by atoms with E-state index in [0.717, 1.165) is 19.6 Å². The predicted molar refractivity (Wildman–Crippen MR) is 69.8 cm³/mol. The molecule has 0 spiro atoms. The van der Waals surface area contributed by atoms with Gasteiger partial charge in [0.15, 0.2) is 0 Å². The summed E-state index contributed by atoms with van der Waals surface area (Å²) < 4.78 is 5.76. The molecule has 0 radical (unpaired) electrons. The smallest absolute Gasteiger partial charge is 0.0828 e. The molecule has 3 nitrogen and oxygen atoms in total. The summed E-state index contributed by atoms with van der Waals surface area (Å²) in [6.07, 6.45) is 0.465. The fraction of sp³-hybridized carbons (Fsp3) is 0.571. The van der Waals surface area contributed by atoms with Gasteiger partial charge in [0.1, 0.15) is 0 Å². The van der Waals surface area contributed by atoms with Crippen LogP contribution in [0, 0.1) is 6.92 Å². The zero-order valence-corrected chi connectivity index (χ0v) is 10.7. The molecule has 2 atom stereocenters. The highest BCUT2D eigenvalue weighted by Gasteiger charge is 2.23. The van der Waals surface area contributed by atoms with E-state index < -0.39 is 0 Å². The Morgan fingerprint density at radius 3 is 2.65 bits per heavy atom. The number of nitrogens with zero attached hydrogens (tertiary/aromatic N) is 1. The van der Waals surface area contributed by atoms with Gasteiger partial charge in [-0.2, -0.15) is 0 Å². The van der Waals surface area contributed by atoms with Gasteiger partial charge >= 0.3 is 0 Å². The molecule has 0 aliphatic carbocycles. The number of nitrogens with two attached hydrogens (primary N) is 1. The lowest BCUT2D eigenvalue weighted by Gasteiger charge is -2.36. The monoisotopic (exact) mass is 234 g/mol. The maximum atomic E-state index is 5.76. The lowest BCUT2D eigenvalue weighted by Crippen LogP contribution is -2.48. The molecule has 1 aliphatic rings.